The summed E-state index contributed by atoms with van der Waals surface area (Å²) >= 11 is 0. The minimum atomic E-state index is -0.179. The highest BCUT2D eigenvalue weighted by molar-refractivity contribution is 5.82. The van der Waals surface area contributed by atoms with Gasteiger partial charge >= 0.3 is 0 Å². The number of hydrogen-bond acceptors (Lipinski definition) is 2. The summed E-state index contributed by atoms with van der Waals surface area (Å²) in [6.07, 6.45) is 4.29. The van der Waals surface area contributed by atoms with Crippen LogP contribution in [0.5, 0.6) is 0 Å². The van der Waals surface area contributed by atoms with E-state index in [-0.39, 0.29) is 11.3 Å². The van der Waals surface area contributed by atoms with Crippen molar-refractivity contribution in [2.45, 2.75) is 39.2 Å². The summed E-state index contributed by atoms with van der Waals surface area (Å²) in [5, 5.41) is 8.89. The van der Waals surface area contributed by atoms with Crippen LogP contribution in [0.1, 0.15) is 43.7 Å². The fraction of sp³-hybridized carbons (Fsp3) is 0.500. The van der Waals surface area contributed by atoms with Gasteiger partial charge in [-0.05, 0) is 30.5 Å². The topological polar surface area (TPSA) is 44.1 Å². The van der Waals surface area contributed by atoms with Crippen molar-refractivity contribution in [2.75, 3.05) is 7.05 Å². The first-order valence-corrected chi connectivity index (χ1v) is 6.80. The summed E-state index contributed by atoms with van der Waals surface area (Å²) in [6, 6.07) is 9.58. The summed E-state index contributed by atoms with van der Waals surface area (Å²) in [5.74, 6) is 0.229. The summed E-state index contributed by atoms with van der Waals surface area (Å²) in [4.78, 5) is 14.3. The van der Waals surface area contributed by atoms with Crippen LogP contribution in [-0.2, 0) is 11.3 Å². The normalized spacial score (nSPS) is 16.9. The Morgan fingerprint density at radius 1 is 1.42 bits per heavy atom. The van der Waals surface area contributed by atoms with Crippen LogP contribution >= 0.6 is 0 Å². The van der Waals surface area contributed by atoms with Crippen molar-refractivity contribution in [3.05, 3.63) is 35.4 Å². The third-order valence-corrected chi connectivity index (χ3v) is 4.05. The standard InChI is InChI=1S/C16H20N2O/c1-16(8-3-4-9-16)15(19)18(2)12-14-7-5-6-13(10-14)11-17/h5-7,10H,3-4,8-9,12H2,1-2H3. The number of rotatable bonds is 3. The van der Waals surface area contributed by atoms with Gasteiger partial charge in [0.2, 0.25) is 5.91 Å². The number of benzene rings is 1. The third-order valence-electron chi connectivity index (χ3n) is 4.05. The van der Waals surface area contributed by atoms with Crippen LogP contribution in [0.15, 0.2) is 24.3 Å². The SMILES string of the molecule is CN(Cc1cccc(C#N)c1)C(=O)C1(C)CCCC1. The van der Waals surface area contributed by atoms with Crippen LogP contribution in [0.3, 0.4) is 0 Å². The van der Waals surface area contributed by atoms with Gasteiger partial charge in [0.05, 0.1) is 11.6 Å². The number of carbonyl (C=O) groups excluding carboxylic acids is 1. The average molecular weight is 256 g/mol. The number of nitrogens with zero attached hydrogens (tertiary/aromatic N) is 2. The minimum absolute atomic E-state index is 0.179. The Kier molecular flexibility index (Phi) is 3.90. The molecule has 3 heteroatoms. The highest BCUT2D eigenvalue weighted by Crippen LogP contribution is 2.39. The van der Waals surface area contributed by atoms with Crippen LogP contribution in [0.25, 0.3) is 0 Å². The van der Waals surface area contributed by atoms with Crippen LogP contribution in [0.2, 0.25) is 0 Å². The zero-order valence-electron chi connectivity index (χ0n) is 11.6. The summed E-state index contributed by atoms with van der Waals surface area (Å²) in [7, 11) is 1.85. The molecule has 0 aromatic heterocycles. The van der Waals surface area contributed by atoms with E-state index in [1.807, 2.05) is 25.2 Å². The predicted molar refractivity (Wildman–Crippen MR) is 74.2 cm³/mol. The average Bonchev–Trinajstić information content (AvgIpc) is 2.86. The molecule has 0 N–H and O–H groups in total. The van der Waals surface area contributed by atoms with Gasteiger partial charge in [-0.1, -0.05) is 31.9 Å². The van der Waals surface area contributed by atoms with Crippen molar-refractivity contribution in [2.24, 2.45) is 5.41 Å². The van der Waals surface area contributed by atoms with E-state index >= 15 is 0 Å². The molecule has 0 atom stereocenters. The molecular formula is C16H20N2O. The summed E-state index contributed by atoms with van der Waals surface area (Å²) in [6.45, 7) is 2.65. The summed E-state index contributed by atoms with van der Waals surface area (Å²) in [5.41, 5.74) is 1.48. The monoisotopic (exact) mass is 256 g/mol. The quantitative estimate of drug-likeness (QED) is 0.834. The Balaban J connectivity index is 2.06. The molecule has 1 fully saturated rings. The van der Waals surface area contributed by atoms with E-state index in [9.17, 15) is 4.79 Å². The van der Waals surface area contributed by atoms with Crippen LogP contribution < -0.4 is 0 Å². The Hall–Kier alpha value is -1.82. The van der Waals surface area contributed by atoms with Crippen LogP contribution in [0, 0.1) is 16.7 Å². The second-order valence-electron chi connectivity index (χ2n) is 5.74. The van der Waals surface area contributed by atoms with Crippen molar-refractivity contribution in [1.29, 1.82) is 5.26 Å². The van der Waals surface area contributed by atoms with Gasteiger partial charge < -0.3 is 4.90 Å². The number of nitriles is 1. The van der Waals surface area contributed by atoms with Crippen LogP contribution in [-0.4, -0.2) is 17.9 Å². The second-order valence-corrected chi connectivity index (χ2v) is 5.74. The first-order chi connectivity index (χ1) is 9.05. The molecule has 0 radical (unpaired) electrons. The van der Waals surface area contributed by atoms with E-state index in [4.69, 9.17) is 5.26 Å². The molecule has 0 unspecified atom stereocenters. The third kappa shape index (κ3) is 2.96. The molecule has 0 saturated heterocycles. The molecule has 1 aliphatic rings. The van der Waals surface area contributed by atoms with Gasteiger partial charge in [-0.3, -0.25) is 4.79 Å². The van der Waals surface area contributed by atoms with Crippen LogP contribution in [0.4, 0.5) is 0 Å². The predicted octanol–water partition coefficient (Wildman–Crippen LogP) is 3.10. The summed E-state index contributed by atoms with van der Waals surface area (Å²) < 4.78 is 0. The lowest BCUT2D eigenvalue weighted by atomic mass is 9.87. The van der Waals surface area contributed by atoms with Crippen molar-refractivity contribution < 1.29 is 4.79 Å². The number of hydrogen-bond donors (Lipinski definition) is 0. The zero-order chi connectivity index (χ0) is 13.9. The molecule has 3 nitrogen and oxygen atoms in total. The highest BCUT2D eigenvalue weighted by atomic mass is 16.2. The van der Waals surface area contributed by atoms with E-state index in [0.29, 0.717) is 12.1 Å². The van der Waals surface area contributed by atoms with Gasteiger partial charge in [0.25, 0.3) is 0 Å². The molecule has 0 bridgehead atoms. The maximum Gasteiger partial charge on any atom is 0.228 e. The van der Waals surface area contributed by atoms with E-state index in [0.717, 1.165) is 31.2 Å². The molecule has 19 heavy (non-hydrogen) atoms. The first-order valence-electron chi connectivity index (χ1n) is 6.80. The van der Waals surface area contributed by atoms with E-state index in [1.165, 1.54) is 0 Å². The fourth-order valence-corrected chi connectivity index (χ4v) is 2.91. The van der Waals surface area contributed by atoms with Gasteiger partial charge in [-0.25, -0.2) is 0 Å². The molecule has 0 aliphatic heterocycles. The van der Waals surface area contributed by atoms with E-state index in [2.05, 4.69) is 13.0 Å². The van der Waals surface area contributed by atoms with Crippen molar-refractivity contribution in [3.8, 4) is 6.07 Å². The van der Waals surface area contributed by atoms with Gasteiger partial charge in [-0.2, -0.15) is 5.26 Å². The molecule has 1 saturated carbocycles. The molecule has 100 valence electrons. The lowest BCUT2D eigenvalue weighted by Gasteiger charge is -2.29. The number of amides is 1. The molecule has 2 rings (SSSR count). The Labute approximate surface area is 114 Å². The maximum atomic E-state index is 12.5. The molecule has 1 aromatic rings. The molecule has 1 amide bonds. The van der Waals surface area contributed by atoms with Crippen molar-refractivity contribution >= 4 is 5.91 Å². The fourth-order valence-electron chi connectivity index (χ4n) is 2.91. The molecule has 1 aromatic carbocycles. The molecule has 0 heterocycles. The van der Waals surface area contributed by atoms with Gasteiger partial charge in [0.15, 0.2) is 0 Å². The lowest BCUT2D eigenvalue weighted by molar-refractivity contribution is -0.140. The Bertz CT molecular complexity index is 510. The van der Waals surface area contributed by atoms with Gasteiger partial charge in [0, 0.05) is 19.0 Å². The second kappa shape index (κ2) is 5.44. The van der Waals surface area contributed by atoms with Crippen molar-refractivity contribution in [1.82, 2.24) is 4.90 Å². The number of carbonyl (C=O) groups is 1. The lowest BCUT2D eigenvalue weighted by Crippen LogP contribution is -2.38. The van der Waals surface area contributed by atoms with E-state index < -0.39 is 0 Å². The van der Waals surface area contributed by atoms with Gasteiger partial charge in [0.1, 0.15) is 0 Å². The van der Waals surface area contributed by atoms with Crippen molar-refractivity contribution in [3.63, 3.8) is 0 Å². The zero-order valence-corrected chi connectivity index (χ0v) is 11.6. The van der Waals surface area contributed by atoms with E-state index in [1.54, 1.807) is 11.0 Å². The smallest absolute Gasteiger partial charge is 0.228 e. The Morgan fingerprint density at radius 3 is 2.74 bits per heavy atom. The highest BCUT2D eigenvalue weighted by Gasteiger charge is 2.37. The minimum Gasteiger partial charge on any atom is -0.341 e. The van der Waals surface area contributed by atoms with Gasteiger partial charge in [-0.15, -0.1) is 0 Å². The molecule has 1 aliphatic carbocycles. The molecule has 0 spiro atoms. The Morgan fingerprint density at radius 2 is 2.11 bits per heavy atom. The molecular weight excluding hydrogens is 236 g/mol. The maximum absolute atomic E-state index is 12.5. The first kappa shape index (κ1) is 13.6. The largest absolute Gasteiger partial charge is 0.341 e.